The number of nitrogens with zero attached hydrogens (tertiary/aromatic N) is 2. The number of rotatable bonds is 6. The highest BCUT2D eigenvalue weighted by atomic mass is 35.5. The Morgan fingerprint density at radius 1 is 1.12 bits per heavy atom. The first-order valence-electron chi connectivity index (χ1n) is 11.0. The second-order valence-electron chi connectivity index (χ2n) is 8.30. The number of hydrogen-bond acceptors (Lipinski definition) is 5. The number of morpholine rings is 1. The van der Waals surface area contributed by atoms with Crippen LogP contribution in [0.3, 0.4) is 0 Å². The molecule has 1 unspecified atom stereocenters. The third-order valence-electron chi connectivity index (χ3n) is 6.05. The van der Waals surface area contributed by atoms with Gasteiger partial charge in [0.2, 0.25) is 15.9 Å². The predicted octanol–water partition coefficient (Wildman–Crippen LogP) is 3.35. The van der Waals surface area contributed by atoms with Crippen molar-refractivity contribution in [2.45, 2.75) is 24.3 Å². The van der Waals surface area contributed by atoms with Crippen LogP contribution in [0.25, 0.3) is 0 Å². The highest BCUT2D eigenvalue weighted by Crippen LogP contribution is 2.25. The normalized spacial score (nSPS) is 20.5. The minimum Gasteiger partial charge on any atom is -0.379 e. The highest BCUT2D eigenvalue weighted by molar-refractivity contribution is 7.89. The van der Waals surface area contributed by atoms with Gasteiger partial charge in [0.25, 0.3) is 0 Å². The van der Waals surface area contributed by atoms with E-state index in [0.29, 0.717) is 55.7 Å². The molecule has 33 heavy (non-hydrogen) atoms. The number of piperidine rings is 1. The fourth-order valence-electron chi connectivity index (χ4n) is 4.21. The van der Waals surface area contributed by atoms with Crippen LogP contribution in [-0.2, 0) is 26.1 Å². The molecule has 0 saturated carbocycles. The van der Waals surface area contributed by atoms with E-state index in [4.69, 9.17) is 16.3 Å². The summed E-state index contributed by atoms with van der Waals surface area (Å²) in [6.45, 7) is 3.05. The van der Waals surface area contributed by atoms with Crippen molar-refractivity contribution in [3.05, 3.63) is 58.9 Å². The Hall–Kier alpha value is -2.04. The zero-order valence-electron chi connectivity index (χ0n) is 18.2. The van der Waals surface area contributed by atoms with E-state index in [1.54, 1.807) is 24.3 Å². The number of amides is 1. The smallest absolute Gasteiger partial charge is 0.243 e. The minimum absolute atomic E-state index is 0.136. The van der Waals surface area contributed by atoms with Gasteiger partial charge in [-0.1, -0.05) is 17.7 Å². The third-order valence-corrected chi connectivity index (χ3v) is 8.32. The highest BCUT2D eigenvalue weighted by Gasteiger charge is 2.28. The Morgan fingerprint density at radius 3 is 2.55 bits per heavy atom. The average Bonchev–Trinajstić information content (AvgIpc) is 2.83. The van der Waals surface area contributed by atoms with Crippen LogP contribution in [0.1, 0.15) is 18.4 Å². The van der Waals surface area contributed by atoms with Gasteiger partial charge in [0.15, 0.2) is 0 Å². The van der Waals surface area contributed by atoms with Crippen LogP contribution in [0.15, 0.2) is 47.4 Å². The SMILES string of the molecule is O=C(Nc1ccc(S(=O)(=O)N2CCOCC2)cc1)C1CCCN(Cc2c(F)cccc2Cl)C1. The first kappa shape index (κ1) is 24.1. The molecule has 2 aromatic carbocycles. The second-order valence-corrected chi connectivity index (χ2v) is 10.6. The van der Waals surface area contributed by atoms with Crippen molar-refractivity contribution < 1.29 is 22.3 Å². The maximum atomic E-state index is 14.1. The van der Waals surface area contributed by atoms with Crippen LogP contribution in [-0.4, -0.2) is 62.9 Å². The van der Waals surface area contributed by atoms with Gasteiger partial charge in [-0.3, -0.25) is 9.69 Å². The third kappa shape index (κ3) is 5.73. The Bertz CT molecular complexity index is 1070. The number of anilines is 1. The molecule has 2 aliphatic heterocycles. The van der Waals surface area contributed by atoms with E-state index < -0.39 is 10.0 Å². The molecular weight excluding hydrogens is 469 g/mol. The second kappa shape index (κ2) is 10.5. The molecule has 0 aliphatic carbocycles. The Kier molecular flexibility index (Phi) is 7.65. The van der Waals surface area contributed by atoms with Gasteiger partial charge in [0.05, 0.1) is 24.0 Å². The molecule has 0 spiro atoms. The van der Waals surface area contributed by atoms with E-state index in [9.17, 15) is 17.6 Å². The lowest BCUT2D eigenvalue weighted by Crippen LogP contribution is -2.40. The Balaban J connectivity index is 1.36. The molecule has 2 saturated heterocycles. The first-order valence-corrected chi connectivity index (χ1v) is 12.8. The summed E-state index contributed by atoms with van der Waals surface area (Å²) in [6, 6.07) is 10.8. The lowest BCUT2D eigenvalue weighted by molar-refractivity contribution is -0.121. The topological polar surface area (TPSA) is 79.0 Å². The standard InChI is InChI=1S/C23H27ClFN3O4S/c24-21-4-1-5-22(25)20(21)16-27-10-2-3-17(15-27)23(29)26-18-6-8-19(9-7-18)33(30,31)28-11-13-32-14-12-28/h1,4-9,17H,2-3,10-16H2,(H,26,29). The maximum absolute atomic E-state index is 14.1. The van der Waals surface area contributed by atoms with Crippen molar-refractivity contribution in [3.63, 3.8) is 0 Å². The predicted molar refractivity (Wildman–Crippen MR) is 124 cm³/mol. The summed E-state index contributed by atoms with van der Waals surface area (Å²) in [7, 11) is -3.58. The first-order chi connectivity index (χ1) is 15.8. The molecule has 1 atom stereocenters. The summed E-state index contributed by atoms with van der Waals surface area (Å²) in [6.07, 6.45) is 1.55. The largest absolute Gasteiger partial charge is 0.379 e. The molecule has 1 amide bonds. The van der Waals surface area contributed by atoms with Crippen LogP contribution in [0, 0.1) is 11.7 Å². The monoisotopic (exact) mass is 495 g/mol. The summed E-state index contributed by atoms with van der Waals surface area (Å²) < 4.78 is 46.3. The van der Waals surface area contributed by atoms with Gasteiger partial charge < -0.3 is 10.1 Å². The zero-order chi connectivity index (χ0) is 23.4. The van der Waals surface area contributed by atoms with Crippen LogP contribution in [0.5, 0.6) is 0 Å². The average molecular weight is 496 g/mol. The van der Waals surface area contributed by atoms with Gasteiger partial charge in [-0.05, 0) is 55.8 Å². The van der Waals surface area contributed by atoms with E-state index in [-0.39, 0.29) is 22.5 Å². The molecule has 0 bridgehead atoms. The number of halogens is 2. The van der Waals surface area contributed by atoms with Crippen molar-refractivity contribution in [1.29, 1.82) is 0 Å². The maximum Gasteiger partial charge on any atom is 0.243 e. The fourth-order valence-corrected chi connectivity index (χ4v) is 5.84. The summed E-state index contributed by atoms with van der Waals surface area (Å²) in [5.74, 6) is -0.731. The number of likely N-dealkylation sites (tertiary alicyclic amines) is 1. The van der Waals surface area contributed by atoms with Crippen molar-refractivity contribution in [1.82, 2.24) is 9.21 Å². The van der Waals surface area contributed by atoms with Crippen molar-refractivity contribution in [3.8, 4) is 0 Å². The molecule has 1 N–H and O–H groups in total. The molecule has 178 valence electrons. The summed E-state index contributed by atoms with van der Waals surface area (Å²) >= 11 is 6.15. The summed E-state index contributed by atoms with van der Waals surface area (Å²) in [5, 5.41) is 3.27. The van der Waals surface area contributed by atoms with Gasteiger partial charge in [-0.2, -0.15) is 4.31 Å². The molecular formula is C23H27ClFN3O4S. The quantitative estimate of drug-likeness (QED) is 0.665. The fraction of sp³-hybridized carbons (Fsp3) is 0.435. The molecule has 4 rings (SSSR count). The Morgan fingerprint density at radius 2 is 1.85 bits per heavy atom. The van der Waals surface area contributed by atoms with Crippen molar-refractivity contribution in [2.24, 2.45) is 5.92 Å². The number of benzene rings is 2. The summed E-state index contributed by atoms with van der Waals surface area (Å²) in [5.41, 5.74) is 0.979. The van der Waals surface area contributed by atoms with Crippen LogP contribution in [0.4, 0.5) is 10.1 Å². The van der Waals surface area contributed by atoms with Crippen LogP contribution < -0.4 is 5.32 Å². The molecule has 2 fully saturated rings. The van der Waals surface area contributed by atoms with Gasteiger partial charge in [0.1, 0.15) is 5.82 Å². The lowest BCUT2D eigenvalue weighted by atomic mass is 9.96. The van der Waals surface area contributed by atoms with E-state index in [1.165, 1.54) is 22.5 Å². The molecule has 7 nitrogen and oxygen atoms in total. The van der Waals surface area contributed by atoms with Gasteiger partial charge >= 0.3 is 0 Å². The molecule has 0 radical (unpaired) electrons. The van der Waals surface area contributed by atoms with Crippen LogP contribution in [0.2, 0.25) is 5.02 Å². The van der Waals surface area contributed by atoms with E-state index >= 15 is 0 Å². The summed E-state index contributed by atoms with van der Waals surface area (Å²) in [4.78, 5) is 15.1. The molecule has 2 aromatic rings. The number of carbonyl (C=O) groups excluding carboxylic acids is 1. The number of ether oxygens (including phenoxy) is 1. The van der Waals surface area contributed by atoms with E-state index in [2.05, 4.69) is 5.32 Å². The number of carbonyl (C=O) groups is 1. The van der Waals surface area contributed by atoms with E-state index in [0.717, 1.165) is 19.4 Å². The lowest BCUT2D eigenvalue weighted by Gasteiger charge is -2.32. The minimum atomic E-state index is -3.58. The number of nitrogens with one attached hydrogen (secondary N) is 1. The van der Waals surface area contributed by atoms with Crippen molar-refractivity contribution >= 4 is 33.2 Å². The van der Waals surface area contributed by atoms with Gasteiger partial charge in [0, 0.05) is 42.5 Å². The zero-order valence-corrected chi connectivity index (χ0v) is 19.7. The van der Waals surface area contributed by atoms with Crippen LogP contribution >= 0.6 is 11.6 Å². The van der Waals surface area contributed by atoms with E-state index in [1.807, 2.05) is 4.90 Å². The number of sulfonamides is 1. The molecule has 2 heterocycles. The van der Waals surface area contributed by atoms with Gasteiger partial charge in [-0.25, -0.2) is 12.8 Å². The molecule has 2 aliphatic rings. The number of hydrogen-bond donors (Lipinski definition) is 1. The molecule has 0 aromatic heterocycles. The Labute approximate surface area is 198 Å². The van der Waals surface area contributed by atoms with Crippen molar-refractivity contribution in [2.75, 3.05) is 44.7 Å². The molecule has 10 heteroatoms. The van der Waals surface area contributed by atoms with Gasteiger partial charge in [-0.15, -0.1) is 0 Å².